The Bertz CT molecular complexity index is 3550. The number of nitrogens with zero attached hydrogens (tertiary/aromatic N) is 4. The van der Waals surface area contributed by atoms with Crippen molar-refractivity contribution in [3.05, 3.63) is 142 Å². The highest BCUT2D eigenvalue weighted by Crippen LogP contribution is 2.34. The number of Topliss-reactive ketones (excluding diaryl/α,β-unsaturated/α-hetero) is 1. The van der Waals surface area contributed by atoms with E-state index in [9.17, 15) is 73.1 Å². The maximum atomic E-state index is 13.9. The third-order valence-corrected chi connectivity index (χ3v) is 12.0. The minimum absolute atomic E-state index is 0.0367. The summed E-state index contributed by atoms with van der Waals surface area (Å²) >= 11 is 0. The number of rotatable bonds is 14. The lowest BCUT2D eigenvalue weighted by molar-refractivity contribution is -0.134. The Morgan fingerprint density at radius 2 is 1.28 bits per heavy atom. The summed E-state index contributed by atoms with van der Waals surface area (Å²) in [6.07, 6.45) is 10.8. The van der Waals surface area contributed by atoms with Crippen LogP contribution in [0.3, 0.4) is 0 Å². The van der Waals surface area contributed by atoms with Gasteiger partial charge in [-0.3, -0.25) is 54.5 Å². The number of nitrogens with one attached hydrogen (secondary N) is 5. The van der Waals surface area contributed by atoms with E-state index >= 15 is 0 Å². The number of fused-ring (bicyclic) bond motifs is 1. The lowest BCUT2D eigenvalue weighted by Crippen LogP contribution is -2.31. The second-order valence-corrected chi connectivity index (χ2v) is 18.3. The van der Waals surface area contributed by atoms with Crippen LogP contribution >= 0.6 is 0 Å². The van der Waals surface area contributed by atoms with E-state index in [1.807, 2.05) is 0 Å². The summed E-state index contributed by atoms with van der Waals surface area (Å²) < 4.78 is 104. The van der Waals surface area contributed by atoms with Crippen LogP contribution in [0.1, 0.15) is 15.9 Å². The fourth-order valence-corrected chi connectivity index (χ4v) is 8.08. The molecule has 3 aromatic rings. The standard InChI is InChI=1S/C41H29N9O16S3/c51-32-12-10-23(15-26(32)41(56)57)44-45-24-9-11-28(36(16-24)68(61,62)63)42-21-5-7-22(8-6-21)43-47-29-18-30(35(54)19-34(29)53)48-49-31-17-25(67(58,59)60)13-20-14-37(69(64,65)66)39(40(55)38(20)31)50-46-27-3-1-2-4-33(27)52/h1-19,42-43,45,48-49,54H,(H,56,57)(H,58,59,60)(H,61,62,63)(H,64,65,66)/b44-23?,46-27+,47-29-,50-39-. The molecule has 0 fully saturated rings. The molecule has 0 unspecified atom stereocenters. The molecule has 0 aliphatic heterocycles. The molecule has 0 bridgehead atoms. The first-order valence-electron chi connectivity index (χ1n) is 18.9. The summed E-state index contributed by atoms with van der Waals surface area (Å²) in [5.74, 6) is -5.63. The number of hydrazone groups is 2. The van der Waals surface area contributed by atoms with Gasteiger partial charge in [-0.1, -0.05) is 12.2 Å². The minimum Gasteiger partial charge on any atom is -0.506 e. The van der Waals surface area contributed by atoms with Gasteiger partial charge in [0.15, 0.2) is 11.5 Å². The van der Waals surface area contributed by atoms with E-state index in [0.29, 0.717) is 11.8 Å². The molecular weight excluding hydrogens is 971 g/mol. The number of benzene rings is 3. The van der Waals surface area contributed by atoms with Crippen molar-refractivity contribution in [1.82, 2.24) is 5.43 Å². The molecule has 0 spiro atoms. The molecule has 69 heavy (non-hydrogen) atoms. The number of ketones is 4. The monoisotopic (exact) mass is 999 g/mol. The number of hydrazine groups is 1. The maximum Gasteiger partial charge on any atom is 0.339 e. The minimum atomic E-state index is -5.27. The number of hydrogen-bond acceptors (Lipinski definition) is 21. The SMILES string of the molecule is O=C(O)C1=CC(=NNc2ccc(Nc3ccc(N/N=C4/C=C(NNc5cc(S(=O)(=O)O)cc6c5C(=O)/C(=N\N=C5/C=CC=CC5=O)C(S(=O)(=O)O)=C6)C(O)=CC4=O)cc3)c(S(=O)(=O)O)c2)C=CC1=O. The van der Waals surface area contributed by atoms with Crippen LogP contribution in [0, 0.1) is 0 Å². The van der Waals surface area contributed by atoms with Crippen molar-refractivity contribution in [2.75, 3.05) is 21.6 Å². The molecule has 0 saturated carbocycles. The van der Waals surface area contributed by atoms with Crippen LogP contribution < -0.4 is 27.0 Å². The number of carbonyl (C=O) groups is 5. The number of aliphatic hydroxyl groups excluding tert-OH is 1. The highest BCUT2D eigenvalue weighted by molar-refractivity contribution is 7.91. The van der Waals surface area contributed by atoms with Crippen LogP contribution in [0.2, 0.25) is 0 Å². The van der Waals surface area contributed by atoms with Crippen LogP contribution in [0.25, 0.3) is 6.08 Å². The molecule has 0 atom stereocenters. The highest BCUT2D eigenvalue weighted by Gasteiger charge is 2.36. The molecule has 3 aromatic carbocycles. The van der Waals surface area contributed by atoms with Gasteiger partial charge < -0.3 is 15.5 Å². The van der Waals surface area contributed by atoms with E-state index in [1.165, 1.54) is 60.7 Å². The Morgan fingerprint density at radius 1 is 0.594 bits per heavy atom. The number of carbonyl (C=O) groups excluding carboxylic acids is 4. The maximum absolute atomic E-state index is 13.9. The highest BCUT2D eigenvalue weighted by atomic mass is 32.2. The fourth-order valence-electron chi connectivity index (χ4n) is 6.21. The Hall–Kier alpha value is -8.80. The molecule has 0 saturated heterocycles. The van der Waals surface area contributed by atoms with Gasteiger partial charge in [0.25, 0.3) is 30.4 Å². The van der Waals surface area contributed by atoms with Crippen LogP contribution in [0.5, 0.6) is 0 Å². The Kier molecular flexibility index (Phi) is 13.1. The molecule has 10 N–H and O–H groups in total. The lowest BCUT2D eigenvalue weighted by atomic mass is 9.93. The number of hydrogen-bond donors (Lipinski definition) is 10. The largest absolute Gasteiger partial charge is 0.506 e. The molecule has 4 aliphatic rings. The predicted octanol–water partition coefficient (Wildman–Crippen LogP) is 3.05. The molecule has 352 valence electrons. The van der Waals surface area contributed by atoms with Crippen molar-refractivity contribution < 1.29 is 73.1 Å². The number of aliphatic carboxylic acids is 1. The van der Waals surface area contributed by atoms with E-state index in [-0.39, 0.29) is 39.9 Å². The van der Waals surface area contributed by atoms with Gasteiger partial charge in [-0.2, -0.15) is 35.5 Å². The summed E-state index contributed by atoms with van der Waals surface area (Å²) in [5.41, 5.74) is 6.79. The summed E-state index contributed by atoms with van der Waals surface area (Å²) in [7, 11) is -15.2. The van der Waals surface area contributed by atoms with Gasteiger partial charge in [-0.15, -0.1) is 10.2 Å². The molecule has 0 amide bonds. The quantitative estimate of drug-likeness (QED) is 0.0365. The first-order valence-corrected chi connectivity index (χ1v) is 23.3. The Morgan fingerprint density at radius 3 is 1.94 bits per heavy atom. The average Bonchev–Trinajstić information content (AvgIpc) is 3.27. The summed E-state index contributed by atoms with van der Waals surface area (Å²) in [4.78, 5) is 59.4. The Labute approximate surface area is 388 Å². The number of allylic oxidation sites excluding steroid dienone is 10. The third kappa shape index (κ3) is 11.1. The van der Waals surface area contributed by atoms with E-state index in [4.69, 9.17) is 0 Å². The number of anilines is 5. The first-order chi connectivity index (χ1) is 32.5. The zero-order valence-electron chi connectivity index (χ0n) is 34.2. The van der Waals surface area contributed by atoms with Crippen LogP contribution in [-0.2, 0) is 49.5 Å². The fraction of sp³-hybridized carbons (Fsp3) is 0. The Balaban J connectivity index is 1.09. The smallest absolute Gasteiger partial charge is 0.339 e. The predicted molar refractivity (Wildman–Crippen MR) is 247 cm³/mol. The molecule has 28 heteroatoms. The molecule has 0 aromatic heterocycles. The second kappa shape index (κ2) is 18.8. The van der Waals surface area contributed by atoms with Crippen LogP contribution in [-0.4, -0.2) is 101 Å². The van der Waals surface area contributed by atoms with Gasteiger partial charge in [0.2, 0.25) is 17.3 Å². The van der Waals surface area contributed by atoms with Gasteiger partial charge >= 0.3 is 5.97 Å². The summed E-state index contributed by atoms with van der Waals surface area (Å²) in [5, 5.41) is 37.9. The molecule has 7 rings (SSSR count). The van der Waals surface area contributed by atoms with Crippen molar-refractivity contribution in [2.45, 2.75) is 9.79 Å². The van der Waals surface area contributed by atoms with E-state index in [2.05, 4.69) is 47.4 Å². The third-order valence-electron chi connectivity index (χ3n) is 9.45. The van der Waals surface area contributed by atoms with E-state index in [0.717, 1.165) is 48.6 Å². The average molecular weight is 1000 g/mol. The number of aliphatic hydroxyl groups is 1. The lowest BCUT2D eigenvalue weighted by Gasteiger charge is -2.22. The van der Waals surface area contributed by atoms with E-state index < -0.39 is 108 Å². The van der Waals surface area contributed by atoms with Crippen LogP contribution in [0.4, 0.5) is 28.4 Å². The van der Waals surface area contributed by atoms with Crippen LogP contribution in [0.15, 0.2) is 161 Å². The topological polar surface area (TPSA) is 399 Å². The number of carboxylic acid groups (broad SMARTS) is 1. The van der Waals surface area contributed by atoms with Gasteiger partial charge in [0.05, 0.1) is 44.6 Å². The zero-order valence-corrected chi connectivity index (χ0v) is 36.7. The zero-order chi connectivity index (χ0) is 50.0. The molecule has 0 heterocycles. The molecule has 0 radical (unpaired) electrons. The molecule has 4 aliphatic carbocycles. The van der Waals surface area contributed by atoms with Crippen molar-refractivity contribution in [1.29, 1.82) is 0 Å². The van der Waals surface area contributed by atoms with Crippen molar-refractivity contribution in [3.8, 4) is 0 Å². The molecular formula is C41H29N9O16S3. The summed E-state index contributed by atoms with van der Waals surface area (Å²) in [6.45, 7) is 0. The second-order valence-electron chi connectivity index (χ2n) is 14.1. The van der Waals surface area contributed by atoms with Gasteiger partial charge in [0, 0.05) is 11.8 Å². The van der Waals surface area contributed by atoms with E-state index in [1.54, 1.807) is 0 Å². The first kappa shape index (κ1) is 48.1. The van der Waals surface area contributed by atoms with Crippen molar-refractivity contribution in [3.63, 3.8) is 0 Å². The van der Waals surface area contributed by atoms with Gasteiger partial charge in [0.1, 0.15) is 32.6 Å². The van der Waals surface area contributed by atoms with Crippen molar-refractivity contribution >= 4 is 117 Å². The van der Waals surface area contributed by atoms with Crippen molar-refractivity contribution in [2.24, 2.45) is 20.4 Å². The normalized spacial score (nSPS) is 18.4. The molecule has 25 nitrogen and oxygen atoms in total. The number of carboxylic acids is 1. The van der Waals surface area contributed by atoms with Gasteiger partial charge in [-0.05, 0) is 103 Å². The van der Waals surface area contributed by atoms with Gasteiger partial charge in [-0.25, -0.2) is 4.79 Å². The summed E-state index contributed by atoms with van der Waals surface area (Å²) in [6, 6.07) is 11.0.